The van der Waals surface area contributed by atoms with Crippen LogP contribution in [0.1, 0.15) is 40.5 Å². The van der Waals surface area contributed by atoms with Gasteiger partial charge in [-0.15, -0.1) is 0 Å². The summed E-state index contributed by atoms with van der Waals surface area (Å²) in [5.41, 5.74) is 0. The molecule has 1 atom stereocenters. The maximum absolute atomic E-state index is 9.90. The normalized spacial score (nSPS) is 14.2. The van der Waals surface area contributed by atoms with Crippen LogP contribution in [0.2, 0.25) is 0 Å². The zero-order valence-corrected chi connectivity index (χ0v) is 11.5. The molecule has 0 aromatic carbocycles. The van der Waals surface area contributed by atoms with Crippen molar-refractivity contribution in [3.63, 3.8) is 0 Å². The first-order valence-corrected chi connectivity index (χ1v) is 6.88. The van der Waals surface area contributed by atoms with Crippen LogP contribution >= 0.6 is 8.38 Å². The van der Waals surface area contributed by atoms with Gasteiger partial charge in [-0.3, -0.25) is 0 Å². The smallest absolute Gasteiger partial charge is 0.197 e. The lowest BCUT2D eigenvalue weighted by Crippen LogP contribution is -1.97. The van der Waals surface area contributed by atoms with Crippen LogP contribution in [0, 0.1) is 23.2 Å². The molecule has 0 aliphatic heterocycles. The van der Waals surface area contributed by atoms with Crippen LogP contribution in [-0.4, -0.2) is 11.5 Å². The van der Waals surface area contributed by atoms with E-state index in [1.165, 1.54) is 0 Å². The van der Waals surface area contributed by atoms with E-state index in [0.717, 1.165) is 11.7 Å². The molecule has 0 aromatic rings. The van der Waals surface area contributed by atoms with Crippen LogP contribution < -0.4 is 0 Å². The predicted molar refractivity (Wildman–Crippen MR) is 67.7 cm³/mol. The Hall–Kier alpha value is -0.420. The number of nitriles is 1. The Morgan fingerprint density at radius 2 is 2.06 bits per heavy atom. The second-order valence-corrected chi connectivity index (χ2v) is 5.89. The zero-order chi connectivity index (χ0) is 12.6. The molecule has 0 spiro atoms. The third kappa shape index (κ3) is 7.82. The van der Waals surface area contributed by atoms with Crippen molar-refractivity contribution >= 4 is 8.38 Å². The molecule has 0 fully saturated rings. The molecule has 3 nitrogen and oxygen atoms in total. The molecule has 0 aliphatic carbocycles. The van der Waals surface area contributed by atoms with Crippen molar-refractivity contribution in [2.45, 2.75) is 40.5 Å². The molecule has 0 saturated carbocycles. The molecule has 0 radical (unpaired) electrons. The number of nitrogens with zero attached hydrogens (tertiary/aromatic N) is 1. The third-order valence-corrected chi connectivity index (χ3v) is 3.07. The fourth-order valence-corrected chi connectivity index (χ4v) is 2.65. The van der Waals surface area contributed by atoms with Gasteiger partial charge >= 0.3 is 0 Å². The lowest BCUT2D eigenvalue weighted by atomic mass is 10.1. The number of allylic oxidation sites excluding steroid dienone is 2. The summed E-state index contributed by atoms with van der Waals surface area (Å²) < 4.78 is 5.28. The van der Waals surface area contributed by atoms with E-state index >= 15 is 0 Å². The van der Waals surface area contributed by atoms with Gasteiger partial charge in [0.1, 0.15) is 0 Å². The maximum atomic E-state index is 9.90. The molecule has 0 aliphatic rings. The van der Waals surface area contributed by atoms with Crippen LogP contribution in [0.15, 0.2) is 11.4 Å². The monoisotopic (exact) mass is 243 g/mol. The van der Waals surface area contributed by atoms with Crippen molar-refractivity contribution in [2.24, 2.45) is 11.8 Å². The number of hydrogen-bond donors (Lipinski definition) is 1. The van der Waals surface area contributed by atoms with Gasteiger partial charge in [0, 0.05) is 5.31 Å². The van der Waals surface area contributed by atoms with E-state index < -0.39 is 8.38 Å². The Labute approximate surface area is 100 Å². The second kappa shape index (κ2) is 8.70. The molecule has 4 heteroatoms. The Balaban J connectivity index is 4.33. The van der Waals surface area contributed by atoms with Crippen molar-refractivity contribution in [1.29, 1.82) is 5.26 Å². The Bertz CT molecular complexity index is 256. The average molecular weight is 243 g/mol. The molecule has 92 valence electrons. The molecule has 1 N–H and O–H groups in total. The molecular formula is C12H22NO2P. The van der Waals surface area contributed by atoms with E-state index in [9.17, 15) is 4.89 Å². The van der Waals surface area contributed by atoms with Gasteiger partial charge in [0.2, 0.25) is 0 Å². The summed E-state index contributed by atoms with van der Waals surface area (Å²) >= 11 is 0. The lowest BCUT2D eigenvalue weighted by molar-refractivity contribution is 0.320. The average Bonchev–Trinajstić information content (AvgIpc) is 2.15. The van der Waals surface area contributed by atoms with Gasteiger partial charge in [-0.2, -0.15) is 5.26 Å². The van der Waals surface area contributed by atoms with Gasteiger partial charge in [0.15, 0.2) is 8.38 Å². The molecule has 0 rings (SSSR count). The van der Waals surface area contributed by atoms with E-state index in [1.807, 2.05) is 6.07 Å². The summed E-state index contributed by atoms with van der Waals surface area (Å²) in [6.07, 6.45) is 3.25. The predicted octanol–water partition coefficient (Wildman–Crippen LogP) is 3.81. The summed E-state index contributed by atoms with van der Waals surface area (Å²) in [4.78, 5) is 9.90. The fraction of sp³-hybridized carbons (Fsp3) is 0.750. The van der Waals surface area contributed by atoms with Gasteiger partial charge in [-0.1, -0.05) is 33.8 Å². The summed E-state index contributed by atoms with van der Waals surface area (Å²) in [7, 11) is -1.51. The highest BCUT2D eigenvalue weighted by molar-refractivity contribution is 7.51. The minimum atomic E-state index is -1.51. The van der Waals surface area contributed by atoms with Crippen molar-refractivity contribution in [2.75, 3.05) is 6.61 Å². The molecule has 0 amide bonds. The van der Waals surface area contributed by atoms with Crippen LogP contribution in [0.3, 0.4) is 0 Å². The Morgan fingerprint density at radius 3 is 2.50 bits per heavy atom. The van der Waals surface area contributed by atoms with E-state index in [1.54, 1.807) is 0 Å². The van der Waals surface area contributed by atoms with Crippen LogP contribution in [-0.2, 0) is 4.52 Å². The molecule has 0 heterocycles. The fourth-order valence-electron chi connectivity index (χ4n) is 1.27. The topological polar surface area (TPSA) is 53.2 Å². The largest absolute Gasteiger partial charge is 0.347 e. The molecule has 0 saturated heterocycles. The first-order chi connectivity index (χ1) is 7.47. The second-order valence-electron chi connectivity index (χ2n) is 4.51. The van der Waals surface area contributed by atoms with Crippen molar-refractivity contribution in [3.05, 3.63) is 11.4 Å². The molecular weight excluding hydrogens is 221 g/mol. The third-order valence-electron chi connectivity index (χ3n) is 1.82. The van der Waals surface area contributed by atoms with E-state index in [4.69, 9.17) is 9.79 Å². The summed E-state index contributed by atoms with van der Waals surface area (Å²) in [6.45, 7) is 8.71. The highest BCUT2D eigenvalue weighted by Gasteiger charge is 2.14. The van der Waals surface area contributed by atoms with E-state index in [0.29, 0.717) is 24.9 Å². The first-order valence-electron chi connectivity index (χ1n) is 5.67. The van der Waals surface area contributed by atoms with E-state index in [-0.39, 0.29) is 0 Å². The Morgan fingerprint density at radius 1 is 1.44 bits per heavy atom. The van der Waals surface area contributed by atoms with Crippen molar-refractivity contribution in [3.8, 4) is 6.07 Å². The summed E-state index contributed by atoms with van der Waals surface area (Å²) in [5.74, 6) is 0.909. The van der Waals surface area contributed by atoms with Gasteiger partial charge < -0.3 is 9.42 Å². The Kier molecular flexibility index (Phi) is 8.47. The minimum absolute atomic E-state index is 0.312. The SMILES string of the molecule is CC(C)/C=C(/CC(C)C)P(O)OCCC#N. The maximum Gasteiger partial charge on any atom is 0.197 e. The highest BCUT2D eigenvalue weighted by atomic mass is 31.2. The zero-order valence-electron chi connectivity index (χ0n) is 10.6. The molecule has 1 unspecified atom stereocenters. The van der Waals surface area contributed by atoms with Gasteiger partial charge in [-0.25, -0.2) is 0 Å². The molecule has 16 heavy (non-hydrogen) atoms. The van der Waals surface area contributed by atoms with Crippen LogP contribution in [0.4, 0.5) is 0 Å². The van der Waals surface area contributed by atoms with Crippen LogP contribution in [0.25, 0.3) is 0 Å². The standard InChI is InChI=1S/C12H22NO2P/c1-10(2)8-12(9-11(3)4)16(14)15-7-5-6-13/h8,10-11,14H,5,7,9H2,1-4H3/b12-8-. The lowest BCUT2D eigenvalue weighted by Gasteiger charge is -2.17. The number of hydrogen-bond acceptors (Lipinski definition) is 3. The summed E-state index contributed by atoms with van der Waals surface area (Å²) in [6, 6.07) is 2.00. The number of rotatable bonds is 7. The van der Waals surface area contributed by atoms with Crippen molar-refractivity contribution < 1.29 is 9.42 Å². The van der Waals surface area contributed by atoms with Gasteiger partial charge in [-0.05, 0) is 18.3 Å². The first kappa shape index (κ1) is 15.6. The summed E-state index contributed by atoms with van der Waals surface area (Å²) in [5, 5.41) is 9.37. The quantitative estimate of drug-likeness (QED) is 0.546. The molecule has 0 bridgehead atoms. The van der Waals surface area contributed by atoms with Crippen LogP contribution in [0.5, 0.6) is 0 Å². The van der Waals surface area contributed by atoms with Gasteiger partial charge in [0.05, 0.1) is 19.1 Å². The van der Waals surface area contributed by atoms with Crippen molar-refractivity contribution in [1.82, 2.24) is 0 Å². The minimum Gasteiger partial charge on any atom is -0.347 e. The molecule has 0 aromatic heterocycles. The highest BCUT2D eigenvalue weighted by Crippen LogP contribution is 2.45. The van der Waals surface area contributed by atoms with Gasteiger partial charge in [0.25, 0.3) is 0 Å². The van der Waals surface area contributed by atoms with E-state index in [2.05, 4.69) is 33.8 Å².